The van der Waals surface area contributed by atoms with Gasteiger partial charge in [0.05, 0.1) is 0 Å². The van der Waals surface area contributed by atoms with Crippen LogP contribution in [0, 0.1) is 0 Å². The predicted molar refractivity (Wildman–Crippen MR) is 89.9 cm³/mol. The van der Waals surface area contributed by atoms with E-state index in [0.29, 0.717) is 24.6 Å². The lowest BCUT2D eigenvalue weighted by Gasteiger charge is -2.15. The van der Waals surface area contributed by atoms with E-state index in [1.165, 1.54) is 11.9 Å². The number of aromatic nitrogens is 3. The van der Waals surface area contributed by atoms with Crippen molar-refractivity contribution in [2.75, 3.05) is 14.1 Å². The second-order valence-corrected chi connectivity index (χ2v) is 5.87. The molecule has 0 aliphatic carbocycles. The maximum Gasteiger partial charge on any atom is 0.326 e. The van der Waals surface area contributed by atoms with E-state index < -0.39 is 6.04 Å². The van der Waals surface area contributed by atoms with Crippen LogP contribution in [0.5, 0.6) is 5.75 Å². The first-order valence-electron chi connectivity index (χ1n) is 8.16. The zero-order valence-electron chi connectivity index (χ0n) is 14.5. The van der Waals surface area contributed by atoms with Crippen LogP contribution in [0.1, 0.15) is 18.6 Å². The molecule has 1 aromatic carbocycles. The Balaban J connectivity index is 1.73. The number of benzene rings is 1. The van der Waals surface area contributed by atoms with Crippen molar-refractivity contribution < 1.29 is 14.3 Å². The van der Waals surface area contributed by atoms with Gasteiger partial charge in [-0.05, 0) is 19.1 Å². The van der Waals surface area contributed by atoms with E-state index >= 15 is 0 Å². The van der Waals surface area contributed by atoms with E-state index in [2.05, 4.69) is 10.1 Å². The molecule has 0 radical (unpaired) electrons. The topological polar surface area (TPSA) is 80.6 Å². The van der Waals surface area contributed by atoms with Crippen molar-refractivity contribution >= 4 is 11.9 Å². The number of hydrogen-bond donors (Lipinski definition) is 0. The number of likely N-dealkylation sites (N-methyl/N-ethyl adjacent to an activating group) is 2. The first kappa shape index (κ1) is 16.9. The molecule has 3 amide bonds. The van der Waals surface area contributed by atoms with E-state index in [1.54, 1.807) is 11.7 Å². The molecule has 0 spiro atoms. The molecule has 1 fully saturated rings. The van der Waals surface area contributed by atoms with Crippen molar-refractivity contribution in [2.24, 2.45) is 0 Å². The molecule has 1 saturated heterocycles. The maximum atomic E-state index is 12.2. The third-order valence-electron chi connectivity index (χ3n) is 4.25. The molecule has 8 nitrogen and oxygen atoms in total. The lowest BCUT2D eigenvalue weighted by Crippen LogP contribution is -2.34. The van der Waals surface area contributed by atoms with Crippen LogP contribution in [-0.4, -0.2) is 56.6 Å². The monoisotopic (exact) mass is 343 g/mol. The Morgan fingerprint density at radius 3 is 2.48 bits per heavy atom. The molecular formula is C17H21N5O3. The number of ether oxygens (including phenoxy) is 1. The van der Waals surface area contributed by atoms with E-state index in [4.69, 9.17) is 4.74 Å². The summed E-state index contributed by atoms with van der Waals surface area (Å²) in [4.78, 5) is 31.2. The Labute approximate surface area is 146 Å². The minimum atomic E-state index is -0.546. The maximum absolute atomic E-state index is 12.2. The summed E-state index contributed by atoms with van der Waals surface area (Å²) in [5.74, 6) is 1.74. The van der Waals surface area contributed by atoms with Crippen LogP contribution in [0.15, 0.2) is 30.3 Å². The summed E-state index contributed by atoms with van der Waals surface area (Å²) in [5.41, 5.74) is 0. The molecule has 25 heavy (non-hydrogen) atoms. The van der Waals surface area contributed by atoms with Gasteiger partial charge in [0.2, 0.25) is 0 Å². The number of carbonyl (C=O) groups excluding carboxylic acids is 2. The highest BCUT2D eigenvalue weighted by Gasteiger charge is 2.41. The van der Waals surface area contributed by atoms with Gasteiger partial charge in [-0.15, -0.1) is 0 Å². The van der Waals surface area contributed by atoms with Crippen LogP contribution >= 0.6 is 0 Å². The van der Waals surface area contributed by atoms with Crippen LogP contribution in [0.3, 0.4) is 0 Å². The van der Waals surface area contributed by atoms with Gasteiger partial charge in [-0.25, -0.2) is 14.5 Å². The molecule has 2 aromatic rings. The minimum absolute atomic E-state index is 0.222. The molecule has 0 bridgehead atoms. The van der Waals surface area contributed by atoms with E-state index in [-0.39, 0.29) is 18.5 Å². The molecule has 1 aromatic heterocycles. The lowest BCUT2D eigenvalue weighted by molar-refractivity contribution is -0.127. The molecule has 0 saturated carbocycles. The molecule has 2 heterocycles. The van der Waals surface area contributed by atoms with Crippen molar-refractivity contribution in [3.63, 3.8) is 0 Å². The Bertz CT molecular complexity index is 774. The largest absolute Gasteiger partial charge is 0.486 e. The summed E-state index contributed by atoms with van der Waals surface area (Å²) in [7, 11) is 3.12. The third-order valence-corrected chi connectivity index (χ3v) is 4.25. The zero-order valence-corrected chi connectivity index (χ0v) is 14.5. The smallest absolute Gasteiger partial charge is 0.326 e. The van der Waals surface area contributed by atoms with Gasteiger partial charge in [0, 0.05) is 27.1 Å². The van der Waals surface area contributed by atoms with Gasteiger partial charge < -0.3 is 9.64 Å². The van der Waals surface area contributed by atoms with Crippen LogP contribution in [0.2, 0.25) is 0 Å². The average Bonchev–Trinajstić information content (AvgIpc) is 3.11. The summed E-state index contributed by atoms with van der Waals surface area (Å²) >= 11 is 0. The standard InChI is InChI=1S/C17H21N5O3/c1-4-22-15(10-13-16(23)21(3)17(24)20(13)2)18-14(19-22)11-25-12-8-6-5-7-9-12/h5-9,13H,4,10-11H2,1-3H3. The first-order valence-corrected chi connectivity index (χ1v) is 8.16. The highest BCUT2D eigenvalue weighted by atomic mass is 16.5. The predicted octanol–water partition coefficient (Wildman–Crippen LogP) is 1.31. The highest BCUT2D eigenvalue weighted by Crippen LogP contribution is 2.18. The van der Waals surface area contributed by atoms with Crippen molar-refractivity contribution in [3.05, 3.63) is 42.0 Å². The van der Waals surface area contributed by atoms with Crippen molar-refractivity contribution in [2.45, 2.75) is 32.5 Å². The zero-order chi connectivity index (χ0) is 18.0. The van der Waals surface area contributed by atoms with Crippen LogP contribution < -0.4 is 4.74 Å². The average molecular weight is 343 g/mol. The van der Waals surface area contributed by atoms with Gasteiger partial charge in [0.15, 0.2) is 5.82 Å². The number of carbonyl (C=O) groups is 2. The van der Waals surface area contributed by atoms with Gasteiger partial charge >= 0.3 is 6.03 Å². The number of aryl methyl sites for hydroxylation is 1. The van der Waals surface area contributed by atoms with Gasteiger partial charge in [0.25, 0.3) is 5.91 Å². The van der Waals surface area contributed by atoms with Crippen molar-refractivity contribution in [3.8, 4) is 5.75 Å². The fraction of sp³-hybridized carbons (Fsp3) is 0.412. The Morgan fingerprint density at radius 2 is 1.88 bits per heavy atom. The molecule has 3 rings (SSSR count). The summed E-state index contributed by atoms with van der Waals surface area (Å²) in [6, 6.07) is 8.60. The highest BCUT2D eigenvalue weighted by molar-refractivity contribution is 6.03. The normalized spacial score (nSPS) is 17.5. The summed E-state index contributed by atoms with van der Waals surface area (Å²) < 4.78 is 7.42. The van der Waals surface area contributed by atoms with Gasteiger partial charge in [-0.1, -0.05) is 18.2 Å². The molecule has 1 aliphatic heterocycles. The molecule has 1 unspecified atom stereocenters. The van der Waals surface area contributed by atoms with Crippen LogP contribution in [0.25, 0.3) is 0 Å². The molecule has 0 N–H and O–H groups in total. The molecular weight excluding hydrogens is 322 g/mol. The van der Waals surface area contributed by atoms with Crippen LogP contribution in [0.4, 0.5) is 4.79 Å². The van der Waals surface area contributed by atoms with E-state index in [0.717, 1.165) is 10.6 Å². The van der Waals surface area contributed by atoms with Crippen molar-refractivity contribution in [1.29, 1.82) is 0 Å². The van der Waals surface area contributed by atoms with Gasteiger partial charge in [-0.3, -0.25) is 9.69 Å². The number of para-hydroxylation sites is 1. The number of hydrogen-bond acceptors (Lipinski definition) is 5. The van der Waals surface area contributed by atoms with Gasteiger partial charge in [-0.2, -0.15) is 5.10 Å². The molecule has 132 valence electrons. The summed E-state index contributed by atoms with van der Waals surface area (Å²) in [5, 5.41) is 4.43. The van der Waals surface area contributed by atoms with E-state index in [1.807, 2.05) is 37.3 Å². The fourth-order valence-corrected chi connectivity index (χ4v) is 2.81. The summed E-state index contributed by atoms with van der Waals surface area (Å²) in [6.07, 6.45) is 0.331. The van der Waals surface area contributed by atoms with E-state index in [9.17, 15) is 9.59 Å². The van der Waals surface area contributed by atoms with Crippen LogP contribution in [-0.2, 0) is 24.4 Å². The molecule has 1 aliphatic rings. The second-order valence-electron chi connectivity index (χ2n) is 5.87. The Morgan fingerprint density at radius 1 is 1.16 bits per heavy atom. The lowest BCUT2D eigenvalue weighted by atomic mass is 10.2. The quantitative estimate of drug-likeness (QED) is 0.739. The van der Waals surface area contributed by atoms with Crippen molar-refractivity contribution in [1.82, 2.24) is 24.6 Å². The number of nitrogens with zero attached hydrogens (tertiary/aromatic N) is 5. The Hall–Kier alpha value is -2.90. The molecule has 8 heteroatoms. The SMILES string of the molecule is CCn1nc(COc2ccccc2)nc1CC1C(=O)N(C)C(=O)N1C. The summed E-state index contributed by atoms with van der Waals surface area (Å²) in [6.45, 7) is 2.83. The van der Waals surface area contributed by atoms with Gasteiger partial charge in [0.1, 0.15) is 24.2 Å². The number of rotatable bonds is 6. The second kappa shape index (κ2) is 6.92. The number of imide groups is 1. The third kappa shape index (κ3) is 3.33. The Kier molecular flexibility index (Phi) is 4.69. The fourth-order valence-electron chi connectivity index (χ4n) is 2.81. The first-order chi connectivity index (χ1) is 12.0. The number of urea groups is 1. The number of amides is 3. The minimum Gasteiger partial charge on any atom is -0.486 e. The molecule has 1 atom stereocenters.